The molecule has 0 aliphatic heterocycles. The summed E-state index contributed by atoms with van der Waals surface area (Å²) in [4.78, 5) is 10.6. The normalized spacial score (nSPS) is 10.7. The summed E-state index contributed by atoms with van der Waals surface area (Å²) in [5.74, 6) is -0.443. The van der Waals surface area contributed by atoms with Gasteiger partial charge in [-0.1, -0.05) is 22.0 Å². The predicted molar refractivity (Wildman–Crippen MR) is 53.8 cm³/mol. The minimum atomic E-state index is -0.341. The van der Waals surface area contributed by atoms with E-state index in [9.17, 15) is 9.18 Å². The first-order valence-corrected chi connectivity index (χ1v) is 4.53. The zero-order valence-electron chi connectivity index (χ0n) is 7.05. The third-order valence-corrected chi connectivity index (χ3v) is 2.18. The second kappa shape index (κ2) is 4.33. The minimum Gasteiger partial charge on any atom is -0.295 e. The molecular formula is C10H8BrFO. The second-order valence-electron chi connectivity index (χ2n) is 2.58. The smallest absolute Gasteiger partial charge is 0.152 e. The fraction of sp³-hybridized carbons (Fsp3) is 0.100. The molecule has 0 aromatic heterocycles. The van der Waals surface area contributed by atoms with E-state index in [1.807, 2.05) is 0 Å². The van der Waals surface area contributed by atoms with Crippen LogP contribution in [0.2, 0.25) is 0 Å². The van der Waals surface area contributed by atoms with Gasteiger partial charge in [0.2, 0.25) is 0 Å². The number of halogens is 2. The van der Waals surface area contributed by atoms with Crippen molar-refractivity contribution < 1.29 is 9.18 Å². The lowest BCUT2D eigenvalue weighted by molar-refractivity contribution is -0.112. The van der Waals surface area contributed by atoms with Gasteiger partial charge in [0.25, 0.3) is 0 Å². The number of benzene rings is 1. The first-order chi connectivity index (χ1) is 6.11. The summed E-state index contributed by atoms with van der Waals surface area (Å²) in [6.07, 6.45) is 2.80. The van der Waals surface area contributed by atoms with Crippen LogP contribution in [-0.2, 0) is 4.79 Å². The summed E-state index contributed by atoms with van der Waals surface area (Å²) < 4.78 is 13.8. The van der Waals surface area contributed by atoms with Crippen LogP contribution in [0.3, 0.4) is 0 Å². The number of ketones is 1. The van der Waals surface area contributed by atoms with Crippen molar-refractivity contribution in [1.29, 1.82) is 0 Å². The number of rotatable bonds is 2. The molecule has 1 aromatic carbocycles. The van der Waals surface area contributed by atoms with Crippen LogP contribution in [0.1, 0.15) is 12.5 Å². The molecule has 0 unspecified atom stereocenters. The number of carbonyl (C=O) groups is 1. The lowest BCUT2D eigenvalue weighted by Gasteiger charge is -1.98. The summed E-state index contributed by atoms with van der Waals surface area (Å²) in [6, 6.07) is 4.68. The molecule has 3 heteroatoms. The summed E-state index contributed by atoms with van der Waals surface area (Å²) in [5, 5.41) is 0. The van der Waals surface area contributed by atoms with Crippen LogP contribution in [0, 0.1) is 5.82 Å². The fourth-order valence-electron chi connectivity index (χ4n) is 0.871. The van der Waals surface area contributed by atoms with Crippen molar-refractivity contribution in [1.82, 2.24) is 0 Å². The highest BCUT2D eigenvalue weighted by atomic mass is 79.9. The molecule has 0 radical (unpaired) electrons. The van der Waals surface area contributed by atoms with Crippen molar-refractivity contribution in [2.45, 2.75) is 6.92 Å². The highest BCUT2D eigenvalue weighted by molar-refractivity contribution is 9.10. The van der Waals surface area contributed by atoms with Crippen molar-refractivity contribution in [2.24, 2.45) is 0 Å². The summed E-state index contributed by atoms with van der Waals surface area (Å²) in [6.45, 7) is 1.42. The van der Waals surface area contributed by atoms with Crippen molar-refractivity contribution in [2.75, 3.05) is 0 Å². The summed E-state index contributed by atoms with van der Waals surface area (Å²) in [5.41, 5.74) is 0.401. The van der Waals surface area contributed by atoms with Gasteiger partial charge in [-0.2, -0.15) is 0 Å². The zero-order valence-corrected chi connectivity index (χ0v) is 8.64. The van der Waals surface area contributed by atoms with Gasteiger partial charge in [0.1, 0.15) is 5.82 Å². The van der Waals surface area contributed by atoms with Gasteiger partial charge in [0.15, 0.2) is 5.78 Å². The van der Waals surface area contributed by atoms with Gasteiger partial charge in [-0.15, -0.1) is 0 Å². The molecule has 0 bridgehead atoms. The molecular weight excluding hydrogens is 235 g/mol. The van der Waals surface area contributed by atoms with Crippen molar-refractivity contribution >= 4 is 27.8 Å². The molecule has 0 atom stereocenters. The molecule has 13 heavy (non-hydrogen) atoms. The monoisotopic (exact) mass is 242 g/mol. The Labute approximate surface area is 84.4 Å². The molecule has 1 rings (SSSR count). The van der Waals surface area contributed by atoms with Crippen LogP contribution in [0.4, 0.5) is 4.39 Å². The number of allylic oxidation sites excluding steroid dienone is 1. The van der Waals surface area contributed by atoms with Crippen LogP contribution in [0.5, 0.6) is 0 Å². The number of hydrogen-bond acceptors (Lipinski definition) is 1. The Balaban J connectivity index is 3.06. The molecule has 0 fully saturated rings. The van der Waals surface area contributed by atoms with Gasteiger partial charge in [-0.05, 0) is 31.2 Å². The van der Waals surface area contributed by atoms with E-state index in [0.29, 0.717) is 10.0 Å². The second-order valence-corrected chi connectivity index (χ2v) is 3.43. The van der Waals surface area contributed by atoms with Gasteiger partial charge in [-0.3, -0.25) is 4.79 Å². The topological polar surface area (TPSA) is 17.1 Å². The standard InChI is InChI=1S/C10H8BrFO/c1-7(13)5-6-8-9(11)3-2-4-10(8)12/h2-6H,1H3/b6-5+. The van der Waals surface area contributed by atoms with E-state index < -0.39 is 0 Å². The predicted octanol–water partition coefficient (Wildman–Crippen LogP) is 3.19. The van der Waals surface area contributed by atoms with Crippen molar-refractivity contribution in [3.63, 3.8) is 0 Å². The van der Waals surface area contributed by atoms with E-state index in [0.717, 1.165) is 0 Å². The lowest BCUT2D eigenvalue weighted by atomic mass is 10.2. The fourth-order valence-corrected chi connectivity index (χ4v) is 1.34. The van der Waals surface area contributed by atoms with E-state index in [1.54, 1.807) is 12.1 Å². The molecule has 0 saturated heterocycles. The highest BCUT2D eigenvalue weighted by Crippen LogP contribution is 2.20. The van der Waals surface area contributed by atoms with Crippen LogP contribution >= 0.6 is 15.9 Å². The SMILES string of the molecule is CC(=O)/C=C/c1c(F)cccc1Br. The van der Waals surface area contributed by atoms with Gasteiger partial charge in [-0.25, -0.2) is 4.39 Å². The van der Waals surface area contributed by atoms with Gasteiger partial charge in [0, 0.05) is 10.0 Å². The van der Waals surface area contributed by atoms with Gasteiger partial charge >= 0.3 is 0 Å². The maximum atomic E-state index is 13.1. The summed E-state index contributed by atoms with van der Waals surface area (Å²) in [7, 11) is 0. The first-order valence-electron chi connectivity index (χ1n) is 3.74. The van der Waals surface area contributed by atoms with Gasteiger partial charge < -0.3 is 0 Å². The number of carbonyl (C=O) groups excluding carboxylic acids is 1. The van der Waals surface area contributed by atoms with Crippen molar-refractivity contribution in [3.8, 4) is 0 Å². The Morgan fingerprint density at radius 1 is 1.54 bits per heavy atom. The highest BCUT2D eigenvalue weighted by Gasteiger charge is 2.01. The molecule has 0 N–H and O–H groups in total. The average Bonchev–Trinajstić information content (AvgIpc) is 2.03. The Morgan fingerprint density at radius 3 is 2.77 bits per heavy atom. The molecule has 0 aliphatic carbocycles. The van der Waals surface area contributed by atoms with Gasteiger partial charge in [0.05, 0.1) is 0 Å². The maximum absolute atomic E-state index is 13.1. The molecule has 1 nitrogen and oxygen atoms in total. The van der Waals surface area contributed by atoms with Crippen LogP contribution < -0.4 is 0 Å². The number of hydrogen-bond donors (Lipinski definition) is 0. The van der Waals surface area contributed by atoms with E-state index in [4.69, 9.17) is 0 Å². The lowest BCUT2D eigenvalue weighted by Crippen LogP contribution is -1.85. The Morgan fingerprint density at radius 2 is 2.23 bits per heavy atom. The molecule has 1 aromatic rings. The van der Waals surface area contributed by atoms with Crippen LogP contribution in [0.15, 0.2) is 28.7 Å². The summed E-state index contributed by atoms with van der Waals surface area (Å²) >= 11 is 3.19. The molecule has 0 aliphatic rings. The van der Waals surface area contributed by atoms with Crippen LogP contribution in [0.25, 0.3) is 6.08 Å². The van der Waals surface area contributed by atoms with Crippen molar-refractivity contribution in [3.05, 3.63) is 40.1 Å². The molecule has 0 saturated carbocycles. The Kier molecular flexibility index (Phi) is 3.37. The van der Waals surface area contributed by atoms with E-state index in [1.165, 1.54) is 25.1 Å². The molecule has 68 valence electrons. The largest absolute Gasteiger partial charge is 0.295 e. The third kappa shape index (κ3) is 2.77. The average molecular weight is 243 g/mol. The third-order valence-electron chi connectivity index (χ3n) is 1.48. The zero-order chi connectivity index (χ0) is 9.84. The van der Waals surface area contributed by atoms with E-state index >= 15 is 0 Å². The van der Waals surface area contributed by atoms with Crippen LogP contribution in [-0.4, -0.2) is 5.78 Å². The van der Waals surface area contributed by atoms with E-state index in [2.05, 4.69) is 15.9 Å². The maximum Gasteiger partial charge on any atom is 0.152 e. The Bertz CT molecular complexity index is 338. The Hall–Kier alpha value is -0.960. The molecule has 0 spiro atoms. The minimum absolute atomic E-state index is 0.102. The quantitative estimate of drug-likeness (QED) is 0.729. The molecule has 0 heterocycles. The first kappa shape index (κ1) is 10.1. The van der Waals surface area contributed by atoms with E-state index in [-0.39, 0.29) is 11.6 Å². The molecule has 0 amide bonds.